The Morgan fingerprint density at radius 1 is 1.50 bits per heavy atom. The molecule has 2 aromatic heterocycles. The van der Waals surface area contributed by atoms with Crippen LogP contribution in [0.1, 0.15) is 5.69 Å². The molecule has 0 atom stereocenters. The highest BCUT2D eigenvalue weighted by Crippen LogP contribution is 2.37. The third-order valence-corrected chi connectivity index (χ3v) is 3.83. The smallest absolute Gasteiger partial charge is 0.270 e. The molecule has 1 amide bonds. The number of azo groups is 1. The average Bonchev–Trinajstić information content (AvgIpc) is 3.07. The number of hydrogen-bond donors (Lipinski definition) is 3. The lowest BCUT2D eigenvalue weighted by atomic mass is 10.2. The summed E-state index contributed by atoms with van der Waals surface area (Å²) >= 11 is 1.20. The number of thiazole rings is 1. The first-order chi connectivity index (χ1) is 11.4. The number of amides is 1. The van der Waals surface area contributed by atoms with Gasteiger partial charge in [0, 0.05) is 22.9 Å². The van der Waals surface area contributed by atoms with E-state index in [9.17, 15) is 20.0 Å². The first kappa shape index (κ1) is 15.6. The Balaban J connectivity index is 1.88. The number of nitro groups is 1. The molecule has 0 bridgehead atoms. The Morgan fingerprint density at radius 2 is 2.29 bits per heavy atom. The lowest BCUT2D eigenvalue weighted by Crippen LogP contribution is -1.98. The number of nitrogens with two attached hydrogens (primary N) is 1. The SMILES string of the molecule is Nc1nc(CC(=O)N=Nc2c(O)[nH]c3ccc([N+](=O)[O-])cc23)cs1. The van der Waals surface area contributed by atoms with Crippen LogP contribution in [0.2, 0.25) is 0 Å². The van der Waals surface area contributed by atoms with Crippen LogP contribution in [-0.4, -0.2) is 25.9 Å². The van der Waals surface area contributed by atoms with Gasteiger partial charge in [0.05, 0.1) is 22.6 Å². The highest BCUT2D eigenvalue weighted by molar-refractivity contribution is 7.13. The normalized spacial score (nSPS) is 11.3. The Labute approximate surface area is 137 Å². The maximum absolute atomic E-state index is 11.8. The van der Waals surface area contributed by atoms with Crippen molar-refractivity contribution in [2.75, 3.05) is 5.73 Å². The molecular formula is C13H10N6O4S. The van der Waals surface area contributed by atoms with Gasteiger partial charge < -0.3 is 15.8 Å². The molecule has 0 aliphatic carbocycles. The third kappa shape index (κ3) is 3.05. The van der Waals surface area contributed by atoms with E-state index in [1.807, 2.05) is 0 Å². The fraction of sp³-hybridized carbons (Fsp3) is 0.0769. The summed E-state index contributed by atoms with van der Waals surface area (Å²) in [5.41, 5.74) is 6.18. The van der Waals surface area contributed by atoms with E-state index in [0.29, 0.717) is 16.3 Å². The minimum absolute atomic E-state index is 0.0418. The summed E-state index contributed by atoms with van der Waals surface area (Å²) in [5.74, 6) is -0.917. The van der Waals surface area contributed by atoms with Crippen LogP contribution in [0.5, 0.6) is 5.88 Å². The van der Waals surface area contributed by atoms with Crippen molar-refractivity contribution in [3.8, 4) is 5.88 Å². The number of H-pyrrole nitrogens is 1. The summed E-state index contributed by atoms with van der Waals surface area (Å²) in [7, 11) is 0. The van der Waals surface area contributed by atoms with Crippen molar-refractivity contribution >= 4 is 44.7 Å². The monoisotopic (exact) mass is 346 g/mol. The van der Waals surface area contributed by atoms with E-state index in [0.717, 1.165) is 0 Å². The molecule has 1 aromatic carbocycles. The molecule has 0 aliphatic rings. The zero-order valence-corrected chi connectivity index (χ0v) is 12.8. The fourth-order valence-electron chi connectivity index (χ4n) is 2.07. The van der Waals surface area contributed by atoms with Crippen molar-refractivity contribution in [3.05, 3.63) is 39.4 Å². The van der Waals surface area contributed by atoms with Gasteiger partial charge in [-0.3, -0.25) is 14.9 Å². The van der Waals surface area contributed by atoms with Gasteiger partial charge in [0.2, 0.25) is 5.88 Å². The zero-order chi connectivity index (χ0) is 17.3. The number of non-ortho nitro benzene ring substituents is 1. The van der Waals surface area contributed by atoms with Gasteiger partial charge in [-0.25, -0.2) is 4.98 Å². The van der Waals surface area contributed by atoms with Crippen molar-refractivity contribution in [2.45, 2.75) is 6.42 Å². The summed E-state index contributed by atoms with van der Waals surface area (Å²) in [4.78, 5) is 28.6. The van der Waals surface area contributed by atoms with Crippen LogP contribution in [0.25, 0.3) is 10.9 Å². The lowest BCUT2D eigenvalue weighted by Gasteiger charge is -1.93. The number of aromatic nitrogens is 2. The number of benzene rings is 1. The molecule has 0 saturated carbocycles. The number of nitrogens with one attached hydrogen (secondary N) is 1. The van der Waals surface area contributed by atoms with E-state index in [4.69, 9.17) is 5.73 Å². The van der Waals surface area contributed by atoms with Gasteiger partial charge >= 0.3 is 0 Å². The first-order valence-electron chi connectivity index (χ1n) is 6.57. The second kappa shape index (κ2) is 6.04. The Morgan fingerprint density at radius 3 is 2.96 bits per heavy atom. The van der Waals surface area contributed by atoms with Crippen molar-refractivity contribution in [1.82, 2.24) is 9.97 Å². The van der Waals surface area contributed by atoms with Crippen LogP contribution >= 0.6 is 11.3 Å². The minimum atomic E-state index is -0.584. The number of aromatic hydroxyl groups is 1. The van der Waals surface area contributed by atoms with Crippen LogP contribution < -0.4 is 5.73 Å². The molecule has 10 nitrogen and oxygen atoms in total. The number of fused-ring (bicyclic) bond motifs is 1. The standard InChI is InChI=1S/C13H10N6O4S/c14-13-15-6(5-24-13)3-10(20)17-18-11-8-4-7(19(22)23)1-2-9(8)16-12(11)21/h1-2,4-5,16,21H,3H2,(H2,14,15). The molecule has 0 radical (unpaired) electrons. The van der Waals surface area contributed by atoms with E-state index in [2.05, 4.69) is 20.2 Å². The number of hydrogen-bond acceptors (Lipinski definition) is 8. The van der Waals surface area contributed by atoms with Crippen LogP contribution in [0.3, 0.4) is 0 Å². The van der Waals surface area contributed by atoms with E-state index in [1.165, 1.54) is 29.5 Å². The van der Waals surface area contributed by atoms with Crippen molar-refractivity contribution in [3.63, 3.8) is 0 Å². The lowest BCUT2D eigenvalue weighted by molar-refractivity contribution is -0.384. The Bertz CT molecular complexity index is 976. The maximum atomic E-state index is 11.8. The highest BCUT2D eigenvalue weighted by atomic mass is 32.1. The zero-order valence-electron chi connectivity index (χ0n) is 12.0. The molecule has 24 heavy (non-hydrogen) atoms. The number of rotatable bonds is 4. The maximum Gasteiger partial charge on any atom is 0.270 e. The molecule has 0 saturated heterocycles. The van der Waals surface area contributed by atoms with E-state index >= 15 is 0 Å². The summed E-state index contributed by atoms with van der Waals surface area (Å²) in [6.45, 7) is 0. The Hall–Kier alpha value is -3.34. The number of aromatic amines is 1. The van der Waals surface area contributed by atoms with Gasteiger partial charge in [-0.2, -0.15) is 0 Å². The van der Waals surface area contributed by atoms with E-state index in [1.54, 1.807) is 5.38 Å². The van der Waals surface area contributed by atoms with Gasteiger partial charge in [-0.1, -0.05) is 0 Å². The van der Waals surface area contributed by atoms with Crippen LogP contribution in [0, 0.1) is 10.1 Å². The molecule has 3 rings (SSSR count). The van der Waals surface area contributed by atoms with Gasteiger partial charge in [-0.15, -0.1) is 21.6 Å². The van der Waals surface area contributed by atoms with E-state index in [-0.39, 0.29) is 29.1 Å². The summed E-state index contributed by atoms with van der Waals surface area (Å²) in [5, 5.41) is 30.2. The number of nitro benzene ring substituents is 1. The highest BCUT2D eigenvalue weighted by Gasteiger charge is 2.15. The topological polar surface area (TPSA) is 160 Å². The molecule has 0 unspecified atom stereocenters. The molecule has 0 aliphatic heterocycles. The average molecular weight is 346 g/mol. The van der Waals surface area contributed by atoms with Crippen LogP contribution in [-0.2, 0) is 11.2 Å². The predicted octanol–water partition coefficient (Wildman–Crippen LogP) is 2.67. The molecular weight excluding hydrogens is 336 g/mol. The minimum Gasteiger partial charge on any atom is -0.493 e. The van der Waals surface area contributed by atoms with Crippen LogP contribution in [0.15, 0.2) is 33.8 Å². The molecule has 0 spiro atoms. The van der Waals surface area contributed by atoms with E-state index < -0.39 is 10.8 Å². The number of nitrogen functional groups attached to an aromatic ring is 1. The van der Waals surface area contributed by atoms with Crippen molar-refractivity contribution in [2.24, 2.45) is 10.2 Å². The Kier molecular flexibility index (Phi) is 3.92. The van der Waals surface area contributed by atoms with Crippen LogP contribution in [0.4, 0.5) is 16.5 Å². The third-order valence-electron chi connectivity index (χ3n) is 3.11. The second-order valence-corrected chi connectivity index (χ2v) is 5.65. The number of nitrogens with zero attached hydrogens (tertiary/aromatic N) is 4. The van der Waals surface area contributed by atoms with Gasteiger partial charge in [0.25, 0.3) is 11.6 Å². The van der Waals surface area contributed by atoms with Crippen molar-refractivity contribution in [1.29, 1.82) is 0 Å². The molecule has 0 fully saturated rings. The largest absolute Gasteiger partial charge is 0.493 e. The van der Waals surface area contributed by atoms with Gasteiger partial charge in [-0.05, 0) is 6.07 Å². The molecule has 11 heteroatoms. The molecule has 3 aromatic rings. The first-order valence-corrected chi connectivity index (χ1v) is 7.45. The molecule has 4 N–H and O–H groups in total. The number of carbonyl (C=O) groups excluding carboxylic acids is 1. The summed E-state index contributed by atoms with van der Waals surface area (Å²) in [6.07, 6.45) is -0.0829. The van der Waals surface area contributed by atoms with Gasteiger partial charge in [0.15, 0.2) is 10.8 Å². The number of carbonyl (C=O) groups is 1. The predicted molar refractivity (Wildman–Crippen MR) is 86.4 cm³/mol. The quantitative estimate of drug-likeness (QED) is 0.374. The number of anilines is 1. The van der Waals surface area contributed by atoms with Gasteiger partial charge in [0.1, 0.15) is 0 Å². The summed E-state index contributed by atoms with van der Waals surface area (Å²) in [6, 6.07) is 3.97. The summed E-state index contributed by atoms with van der Waals surface area (Å²) < 4.78 is 0. The van der Waals surface area contributed by atoms with Crippen molar-refractivity contribution < 1.29 is 14.8 Å². The second-order valence-electron chi connectivity index (χ2n) is 4.76. The fourth-order valence-corrected chi connectivity index (χ4v) is 2.63. The molecule has 122 valence electrons. The molecule has 2 heterocycles.